The van der Waals surface area contributed by atoms with Gasteiger partial charge in [0.1, 0.15) is 11.3 Å². The number of aromatic carboxylic acids is 1. The zero-order chi connectivity index (χ0) is 12.7. The van der Waals surface area contributed by atoms with E-state index in [2.05, 4.69) is 0 Å². The summed E-state index contributed by atoms with van der Waals surface area (Å²) in [6.07, 6.45) is 0. The SMILES string of the molecule is CC(=O)c1cccc(C(=O)O)c1O.CCO. The van der Waals surface area contributed by atoms with Crippen molar-refractivity contribution in [1.29, 1.82) is 0 Å². The molecule has 1 aromatic carbocycles. The molecule has 1 aromatic rings. The van der Waals surface area contributed by atoms with Crippen LogP contribution in [0.1, 0.15) is 34.6 Å². The van der Waals surface area contributed by atoms with Crippen LogP contribution in [-0.4, -0.2) is 33.7 Å². The monoisotopic (exact) mass is 226 g/mol. The maximum Gasteiger partial charge on any atom is 0.339 e. The van der Waals surface area contributed by atoms with E-state index in [1.807, 2.05) is 0 Å². The second-order valence-electron chi connectivity index (χ2n) is 2.88. The van der Waals surface area contributed by atoms with Gasteiger partial charge in [-0.15, -0.1) is 0 Å². The Bertz CT molecular complexity index is 352. The van der Waals surface area contributed by atoms with Crippen LogP contribution in [0, 0.1) is 0 Å². The molecule has 88 valence electrons. The molecule has 1 rings (SSSR count). The fraction of sp³-hybridized carbons (Fsp3) is 0.273. The Hall–Kier alpha value is -1.88. The van der Waals surface area contributed by atoms with E-state index < -0.39 is 11.7 Å². The lowest BCUT2D eigenvalue weighted by atomic mass is 10.1. The van der Waals surface area contributed by atoms with Crippen molar-refractivity contribution >= 4 is 11.8 Å². The van der Waals surface area contributed by atoms with Crippen molar-refractivity contribution in [2.24, 2.45) is 0 Å². The highest BCUT2D eigenvalue weighted by atomic mass is 16.4. The van der Waals surface area contributed by atoms with Crippen molar-refractivity contribution in [2.75, 3.05) is 6.61 Å². The highest BCUT2D eigenvalue weighted by molar-refractivity contribution is 6.01. The molecule has 0 fully saturated rings. The molecule has 0 saturated carbocycles. The van der Waals surface area contributed by atoms with Gasteiger partial charge in [-0.2, -0.15) is 0 Å². The maximum absolute atomic E-state index is 10.9. The summed E-state index contributed by atoms with van der Waals surface area (Å²) in [4.78, 5) is 21.4. The Morgan fingerprint density at radius 1 is 1.25 bits per heavy atom. The Morgan fingerprint density at radius 2 is 1.69 bits per heavy atom. The van der Waals surface area contributed by atoms with Crippen LogP contribution in [0.4, 0.5) is 0 Å². The number of ketones is 1. The first-order valence-corrected chi connectivity index (χ1v) is 4.62. The van der Waals surface area contributed by atoms with E-state index >= 15 is 0 Å². The molecule has 0 heterocycles. The highest BCUT2D eigenvalue weighted by Gasteiger charge is 2.14. The van der Waals surface area contributed by atoms with Crippen molar-refractivity contribution in [3.63, 3.8) is 0 Å². The number of carboxylic acids is 1. The number of phenols is 1. The average Bonchev–Trinajstić information content (AvgIpc) is 2.18. The Balaban J connectivity index is 0.000000673. The number of hydrogen-bond donors (Lipinski definition) is 3. The summed E-state index contributed by atoms with van der Waals surface area (Å²) in [5.74, 6) is -2.08. The van der Waals surface area contributed by atoms with Gasteiger partial charge in [0, 0.05) is 6.61 Å². The zero-order valence-electron chi connectivity index (χ0n) is 9.10. The van der Waals surface area contributed by atoms with Crippen LogP contribution in [0.25, 0.3) is 0 Å². The lowest BCUT2D eigenvalue weighted by Gasteiger charge is -2.02. The van der Waals surface area contributed by atoms with E-state index in [0.717, 1.165) is 0 Å². The van der Waals surface area contributed by atoms with Crippen LogP contribution in [0.15, 0.2) is 18.2 Å². The highest BCUT2D eigenvalue weighted by Crippen LogP contribution is 2.22. The van der Waals surface area contributed by atoms with Crippen molar-refractivity contribution in [1.82, 2.24) is 0 Å². The predicted molar refractivity (Wildman–Crippen MR) is 57.8 cm³/mol. The molecule has 0 aliphatic rings. The molecule has 0 aromatic heterocycles. The Labute approximate surface area is 93.0 Å². The average molecular weight is 226 g/mol. The van der Waals surface area contributed by atoms with Crippen LogP contribution < -0.4 is 0 Å². The Kier molecular flexibility index (Phi) is 5.80. The molecule has 0 saturated heterocycles. The van der Waals surface area contributed by atoms with Gasteiger partial charge in [0.15, 0.2) is 5.78 Å². The number of carbonyl (C=O) groups is 2. The number of carbonyl (C=O) groups excluding carboxylic acids is 1. The summed E-state index contributed by atoms with van der Waals surface area (Å²) >= 11 is 0. The molecule has 5 heteroatoms. The topological polar surface area (TPSA) is 94.8 Å². The van der Waals surface area contributed by atoms with Gasteiger partial charge in [-0.05, 0) is 26.0 Å². The molecule has 0 spiro atoms. The van der Waals surface area contributed by atoms with Gasteiger partial charge >= 0.3 is 5.97 Å². The van der Waals surface area contributed by atoms with Crippen molar-refractivity contribution in [3.05, 3.63) is 29.3 Å². The van der Waals surface area contributed by atoms with E-state index in [1.165, 1.54) is 25.1 Å². The standard InChI is InChI=1S/C9H8O4.C2H6O/c1-5(10)6-3-2-4-7(8(6)11)9(12)13;1-2-3/h2-4,11H,1H3,(H,12,13);3H,2H2,1H3. The normalized spacial score (nSPS) is 8.94. The largest absolute Gasteiger partial charge is 0.506 e. The van der Waals surface area contributed by atoms with Crippen molar-refractivity contribution < 1.29 is 24.9 Å². The first kappa shape index (κ1) is 14.1. The molecule has 0 bridgehead atoms. The van der Waals surface area contributed by atoms with Crippen LogP contribution in [0.2, 0.25) is 0 Å². The quantitative estimate of drug-likeness (QED) is 0.660. The van der Waals surface area contributed by atoms with Gasteiger partial charge in [-0.3, -0.25) is 4.79 Å². The fourth-order valence-corrected chi connectivity index (χ4v) is 1.00. The molecule has 0 amide bonds. The number of aliphatic hydroxyl groups is 1. The molecule has 0 aliphatic heterocycles. The number of aliphatic hydroxyl groups excluding tert-OH is 1. The lowest BCUT2D eigenvalue weighted by molar-refractivity contribution is 0.0693. The third-order valence-electron chi connectivity index (χ3n) is 1.65. The van der Waals surface area contributed by atoms with Gasteiger partial charge in [0.2, 0.25) is 0 Å². The summed E-state index contributed by atoms with van der Waals surface area (Å²) in [5, 5.41) is 25.5. The minimum absolute atomic E-state index is 0.0277. The maximum atomic E-state index is 10.9. The van der Waals surface area contributed by atoms with Crippen molar-refractivity contribution in [3.8, 4) is 5.75 Å². The van der Waals surface area contributed by atoms with Crippen molar-refractivity contribution in [2.45, 2.75) is 13.8 Å². The second kappa shape index (κ2) is 6.58. The van der Waals surface area contributed by atoms with Gasteiger partial charge in [-0.25, -0.2) is 4.79 Å². The van der Waals surface area contributed by atoms with Gasteiger partial charge in [0.05, 0.1) is 5.56 Å². The number of hydrogen-bond acceptors (Lipinski definition) is 4. The molecule has 3 N–H and O–H groups in total. The minimum Gasteiger partial charge on any atom is -0.506 e. The summed E-state index contributed by atoms with van der Waals surface area (Å²) in [7, 11) is 0. The van der Waals surface area contributed by atoms with Crippen LogP contribution in [0.5, 0.6) is 5.75 Å². The Morgan fingerprint density at radius 3 is 2.06 bits per heavy atom. The molecular formula is C11H14O5. The molecule has 0 atom stereocenters. The molecule has 0 unspecified atom stereocenters. The molecule has 16 heavy (non-hydrogen) atoms. The summed E-state index contributed by atoms with van der Waals surface area (Å²) < 4.78 is 0. The number of benzene rings is 1. The fourth-order valence-electron chi connectivity index (χ4n) is 1.00. The summed E-state index contributed by atoms with van der Waals surface area (Å²) in [5.41, 5.74) is -0.229. The first-order valence-electron chi connectivity index (χ1n) is 4.62. The second-order valence-corrected chi connectivity index (χ2v) is 2.88. The predicted octanol–water partition coefficient (Wildman–Crippen LogP) is 1.29. The van der Waals surface area contributed by atoms with E-state index in [1.54, 1.807) is 6.92 Å². The van der Waals surface area contributed by atoms with Crippen LogP contribution in [0.3, 0.4) is 0 Å². The number of rotatable bonds is 2. The smallest absolute Gasteiger partial charge is 0.339 e. The number of aromatic hydroxyl groups is 1. The van der Waals surface area contributed by atoms with Crippen LogP contribution >= 0.6 is 0 Å². The van der Waals surface area contributed by atoms with Gasteiger partial charge in [-0.1, -0.05) is 6.07 Å². The van der Waals surface area contributed by atoms with Crippen LogP contribution in [-0.2, 0) is 0 Å². The summed E-state index contributed by atoms with van der Waals surface area (Å²) in [6, 6.07) is 4.04. The lowest BCUT2D eigenvalue weighted by Crippen LogP contribution is -2.01. The van der Waals surface area contributed by atoms with E-state index in [0.29, 0.717) is 0 Å². The third-order valence-corrected chi connectivity index (χ3v) is 1.65. The number of carboxylic acid groups (broad SMARTS) is 1. The molecule has 0 radical (unpaired) electrons. The minimum atomic E-state index is -1.25. The van der Waals surface area contributed by atoms with E-state index in [4.69, 9.17) is 10.2 Å². The van der Waals surface area contributed by atoms with Gasteiger partial charge < -0.3 is 15.3 Å². The van der Waals surface area contributed by atoms with Gasteiger partial charge in [0.25, 0.3) is 0 Å². The zero-order valence-corrected chi connectivity index (χ0v) is 9.10. The number of Topliss-reactive ketones (excluding diaryl/α,β-unsaturated/α-hetero) is 1. The number of para-hydroxylation sites is 1. The van der Waals surface area contributed by atoms with E-state index in [9.17, 15) is 14.7 Å². The first-order chi connectivity index (χ1) is 7.45. The molecular weight excluding hydrogens is 212 g/mol. The molecule has 5 nitrogen and oxygen atoms in total. The third kappa shape index (κ3) is 3.70. The molecule has 0 aliphatic carbocycles. The van der Waals surface area contributed by atoms with E-state index in [-0.39, 0.29) is 23.5 Å². The summed E-state index contributed by atoms with van der Waals surface area (Å²) in [6.45, 7) is 3.20.